The molecule has 0 saturated heterocycles. The summed E-state index contributed by atoms with van der Waals surface area (Å²) in [6.45, 7) is 5.48. The molecule has 4 rings (SSSR count). The molecular formula is C23H28N6O4S. The summed E-state index contributed by atoms with van der Waals surface area (Å²) in [5, 5.41) is 10.5. The van der Waals surface area contributed by atoms with Gasteiger partial charge in [-0.15, -0.1) is 5.10 Å². The number of hydrogen-bond donors (Lipinski definition) is 2. The van der Waals surface area contributed by atoms with Crippen LogP contribution >= 0.6 is 0 Å². The second kappa shape index (κ2) is 9.41. The van der Waals surface area contributed by atoms with Crippen molar-refractivity contribution in [2.75, 3.05) is 10.0 Å². The number of carbonyl (C=O) groups is 1. The van der Waals surface area contributed by atoms with E-state index < -0.39 is 22.2 Å². The molecular weight excluding hydrogens is 456 g/mol. The van der Waals surface area contributed by atoms with Gasteiger partial charge < -0.3 is 4.74 Å². The van der Waals surface area contributed by atoms with Crippen LogP contribution < -0.4 is 10.0 Å². The predicted octanol–water partition coefficient (Wildman–Crippen LogP) is 4.10. The van der Waals surface area contributed by atoms with Gasteiger partial charge in [-0.3, -0.25) is 10.0 Å². The molecule has 180 valence electrons. The van der Waals surface area contributed by atoms with Crippen LogP contribution in [0.4, 0.5) is 16.3 Å². The molecule has 0 bridgehead atoms. The number of aromatic nitrogens is 4. The molecule has 1 atom stereocenters. The van der Waals surface area contributed by atoms with Crippen LogP contribution in [-0.2, 0) is 21.8 Å². The fraction of sp³-hybridized carbons (Fsp3) is 0.391. The highest BCUT2D eigenvalue weighted by molar-refractivity contribution is 7.93. The van der Waals surface area contributed by atoms with Crippen LogP contribution in [-0.4, -0.2) is 39.7 Å². The van der Waals surface area contributed by atoms with Crippen molar-refractivity contribution in [2.24, 2.45) is 7.05 Å². The Kier molecular flexibility index (Phi) is 6.56. The largest absolute Gasteiger partial charge is 0.441 e. The molecule has 2 N–H and O–H groups in total. The maximum Gasteiger partial charge on any atom is 0.413 e. The number of sulfonamides is 1. The van der Waals surface area contributed by atoms with Crippen molar-refractivity contribution < 1.29 is 17.9 Å². The third kappa shape index (κ3) is 5.04. The lowest BCUT2D eigenvalue weighted by atomic mass is 10.0. The zero-order valence-electron chi connectivity index (χ0n) is 19.6. The highest BCUT2D eigenvalue weighted by Gasteiger charge is 2.31. The monoisotopic (exact) mass is 484 g/mol. The zero-order chi connectivity index (χ0) is 24.5. The summed E-state index contributed by atoms with van der Waals surface area (Å²) >= 11 is 0. The van der Waals surface area contributed by atoms with Gasteiger partial charge in [0, 0.05) is 7.05 Å². The molecule has 2 heterocycles. The Balaban J connectivity index is 1.50. The van der Waals surface area contributed by atoms with Crippen LogP contribution in [0.25, 0.3) is 11.4 Å². The van der Waals surface area contributed by atoms with Crippen LogP contribution in [0.5, 0.6) is 0 Å². The van der Waals surface area contributed by atoms with E-state index in [0.717, 1.165) is 17.5 Å². The van der Waals surface area contributed by atoms with E-state index in [1.807, 2.05) is 31.2 Å². The maximum atomic E-state index is 12.6. The average Bonchev–Trinajstić information content (AvgIpc) is 3.07. The SMILES string of the molecule is Cc1cccc([C@@H](C)OC(=O)Nc2c(-c3ccc(NS(=O)(=O)C4CCC4)c(C)n3)nnn2C)c1. The van der Waals surface area contributed by atoms with Crippen molar-refractivity contribution in [1.82, 2.24) is 20.0 Å². The number of amides is 1. The van der Waals surface area contributed by atoms with Crippen molar-refractivity contribution in [3.8, 4) is 11.4 Å². The van der Waals surface area contributed by atoms with Gasteiger partial charge in [-0.25, -0.2) is 22.9 Å². The third-order valence-electron chi connectivity index (χ3n) is 5.91. The lowest BCUT2D eigenvalue weighted by Gasteiger charge is -2.25. The summed E-state index contributed by atoms with van der Waals surface area (Å²) in [7, 11) is -1.79. The van der Waals surface area contributed by atoms with Gasteiger partial charge in [0.05, 0.1) is 22.3 Å². The highest BCUT2D eigenvalue weighted by atomic mass is 32.2. The molecule has 1 aliphatic carbocycles. The standard InChI is InChI=1S/C23H28N6O4S/c1-14-7-5-8-17(13-14)16(3)33-23(30)25-22-21(26-28-29(22)4)20-12-11-19(15(2)24-20)27-34(31,32)18-9-6-10-18/h5,7-8,11-13,16,18,27H,6,9-10H2,1-4H3,(H,25,30)/t16-/m1/s1. The second-order valence-electron chi connectivity index (χ2n) is 8.53. The fourth-order valence-corrected chi connectivity index (χ4v) is 5.31. The molecule has 10 nitrogen and oxygen atoms in total. The summed E-state index contributed by atoms with van der Waals surface area (Å²) in [6.07, 6.45) is 1.17. The molecule has 0 aliphatic heterocycles. The van der Waals surface area contributed by atoms with Crippen LogP contribution in [0, 0.1) is 13.8 Å². The molecule has 1 fully saturated rings. The zero-order valence-corrected chi connectivity index (χ0v) is 20.4. The third-order valence-corrected chi connectivity index (χ3v) is 7.77. The van der Waals surface area contributed by atoms with E-state index in [0.29, 0.717) is 41.4 Å². The Hall–Kier alpha value is -3.47. The number of ether oxygens (including phenoxy) is 1. The van der Waals surface area contributed by atoms with Gasteiger partial charge in [-0.2, -0.15) is 0 Å². The lowest BCUT2D eigenvalue weighted by Crippen LogP contribution is -2.33. The summed E-state index contributed by atoms with van der Waals surface area (Å²) in [5.74, 6) is 0.316. The molecule has 1 saturated carbocycles. The Morgan fingerprint density at radius 2 is 1.97 bits per heavy atom. The molecule has 2 aromatic heterocycles. The second-order valence-corrected chi connectivity index (χ2v) is 10.5. The number of pyridine rings is 1. The van der Waals surface area contributed by atoms with Gasteiger partial charge in [0.15, 0.2) is 11.5 Å². The molecule has 1 aromatic carbocycles. The number of aryl methyl sites for hydroxylation is 3. The lowest BCUT2D eigenvalue weighted by molar-refractivity contribution is 0.121. The Bertz CT molecular complexity index is 1320. The van der Waals surface area contributed by atoms with E-state index in [9.17, 15) is 13.2 Å². The van der Waals surface area contributed by atoms with Crippen LogP contribution in [0.2, 0.25) is 0 Å². The van der Waals surface area contributed by atoms with Gasteiger partial charge in [0.2, 0.25) is 10.0 Å². The normalized spacial score (nSPS) is 14.8. The minimum Gasteiger partial charge on any atom is -0.441 e. The van der Waals surface area contributed by atoms with Gasteiger partial charge in [0.25, 0.3) is 0 Å². The number of nitrogens with zero attached hydrogens (tertiary/aromatic N) is 4. The smallest absolute Gasteiger partial charge is 0.413 e. The van der Waals surface area contributed by atoms with E-state index in [1.165, 1.54) is 4.68 Å². The van der Waals surface area contributed by atoms with Crippen molar-refractivity contribution >= 4 is 27.6 Å². The van der Waals surface area contributed by atoms with E-state index in [4.69, 9.17) is 4.74 Å². The van der Waals surface area contributed by atoms with Crippen molar-refractivity contribution in [2.45, 2.75) is 51.4 Å². The van der Waals surface area contributed by atoms with Gasteiger partial charge >= 0.3 is 6.09 Å². The highest BCUT2D eigenvalue weighted by Crippen LogP contribution is 2.30. The molecule has 0 spiro atoms. The number of benzene rings is 1. The van der Waals surface area contributed by atoms with E-state index in [2.05, 4.69) is 25.3 Å². The van der Waals surface area contributed by atoms with Gasteiger partial charge in [0.1, 0.15) is 6.10 Å². The number of nitrogens with one attached hydrogen (secondary N) is 2. The van der Waals surface area contributed by atoms with Crippen molar-refractivity contribution in [1.29, 1.82) is 0 Å². The first kappa shape index (κ1) is 23.7. The molecule has 0 radical (unpaired) electrons. The average molecular weight is 485 g/mol. The first-order valence-electron chi connectivity index (χ1n) is 11.1. The number of carbonyl (C=O) groups excluding carboxylic acids is 1. The summed E-state index contributed by atoms with van der Waals surface area (Å²) in [5.41, 5.74) is 3.66. The van der Waals surface area contributed by atoms with Crippen LogP contribution in [0.1, 0.15) is 49.1 Å². The topological polar surface area (TPSA) is 128 Å². The maximum absolute atomic E-state index is 12.6. The van der Waals surface area contributed by atoms with Gasteiger partial charge in [-0.1, -0.05) is 41.5 Å². The first-order chi connectivity index (χ1) is 16.1. The predicted molar refractivity (Wildman–Crippen MR) is 129 cm³/mol. The fourth-order valence-electron chi connectivity index (χ4n) is 3.67. The van der Waals surface area contributed by atoms with Crippen molar-refractivity contribution in [3.05, 3.63) is 53.2 Å². The molecule has 0 unspecified atom stereocenters. The molecule has 1 amide bonds. The molecule has 11 heteroatoms. The van der Waals surface area contributed by atoms with Gasteiger partial charge in [-0.05, 0) is 51.3 Å². The molecule has 1 aliphatic rings. The van der Waals surface area contributed by atoms with E-state index in [-0.39, 0.29) is 5.25 Å². The summed E-state index contributed by atoms with van der Waals surface area (Å²) in [6, 6.07) is 11.0. The van der Waals surface area contributed by atoms with E-state index >= 15 is 0 Å². The Labute approximate surface area is 198 Å². The number of rotatable bonds is 7. The van der Waals surface area contributed by atoms with Crippen LogP contribution in [0.3, 0.4) is 0 Å². The van der Waals surface area contributed by atoms with E-state index in [1.54, 1.807) is 33.0 Å². The molecule has 3 aromatic rings. The number of hydrogen-bond acceptors (Lipinski definition) is 7. The Morgan fingerprint density at radius 3 is 2.62 bits per heavy atom. The minimum atomic E-state index is -3.43. The minimum absolute atomic E-state index is 0.316. The summed E-state index contributed by atoms with van der Waals surface area (Å²) in [4.78, 5) is 17.1. The Morgan fingerprint density at radius 1 is 1.21 bits per heavy atom. The quantitative estimate of drug-likeness (QED) is 0.517. The number of anilines is 2. The van der Waals surface area contributed by atoms with Crippen molar-refractivity contribution in [3.63, 3.8) is 0 Å². The van der Waals surface area contributed by atoms with Crippen LogP contribution in [0.15, 0.2) is 36.4 Å². The summed E-state index contributed by atoms with van der Waals surface area (Å²) < 4.78 is 34.5. The molecule has 34 heavy (non-hydrogen) atoms. The first-order valence-corrected chi connectivity index (χ1v) is 12.6.